The molecular formula is C13H18N6O3. The van der Waals surface area contributed by atoms with E-state index in [2.05, 4.69) is 15.0 Å². The van der Waals surface area contributed by atoms with E-state index in [9.17, 15) is 10.2 Å². The number of aliphatic hydroxyl groups is 2. The lowest BCUT2D eigenvalue weighted by Crippen LogP contribution is -2.26. The molecule has 1 aliphatic heterocycles. The quantitative estimate of drug-likeness (QED) is 0.667. The van der Waals surface area contributed by atoms with E-state index in [4.69, 9.17) is 10.5 Å². The van der Waals surface area contributed by atoms with Crippen molar-refractivity contribution in [2.24, 2.45) is 0 Å². The van der Waals surface area contributed by atoms with Gasteiger partial charge in [-0.1, -0.05) is 0 Å². The van der Waals surface area contributed by atoms with Crippen molar-refractivity contribution in [1.29, 1.82) is 0 Å². The third-order valence-corrected chi connectivity index (χ3v) is 3.51. The fraction of sp³-hybridized carbons (Fsp3) is 0.462. The number of fused-ring (bicyclic) bond motifs is 1. The number of ether oxygens (including phenoxy) is 1. The van der Waals surface area contributed by atoms with Gasteiger partial charge in [0.25, 0.3) is 0 Å². The van der Waals surface area contributed by atoms with Crippen LogP contribution in [0.2, 0.25) is 0 Å². The summed E-state index contributed by atoms with van der Waals surface area (Å²) < 4.78 is 7.42. The fourth-order valence-corrected chi connectivity index (χ4v) is 2.53. The minimum absolute atomic E-state index is 0.277. The van der Waals surface area contributed by atoms with Crippen LogP contribution < -0.4 is 5.73 Å². The molecule has 0 amide bonds. The van der Waals surface area contributed by atoms with Crippen molar-refractivity contribution in [1.82, 2.24) is 24.4 Å². The number of aliphatic hydroxyl groups excluding tert-OH is 2. The second kappa shape index (κ2) is 5.52. The molecule has 9 nitrogen and oxygen atoms in total. The third kappa shape index (κ3) is 2.28. The van der Waals surface area contributed by atoms with E-state index >= 15 is 0 Å². The number of aromatic nitrogens is 4. The Labute approximate surface area is 126 Å². The summed E-state index contributed by atoms with van der Waals surface area (Å²) in [5.41, 5.74) is 7.37. The van der Waals surface area contributed by atoms with Gasteiger partial charge >= 0.3 is 0 Å². The normalized spacial score (nSPS) is 26.9. The van der Waals surface area contributed by atoms with Gasteiger partial charge in [0.2, 0.25) is 0 Å². The molecule has 0 unspecified atom stereocenters. The third-order valence-electron chi connectivity index (χ3n) is 3.51. The topological polar surface area (TPSA) is 123 Å². The van der Waals surface area contributed by atoms with E-state index in [1.54, 1.807) is 15.7 Å². The van der Waals surface area contributed by atoms with Gasteiger partial charge in [-0.3, -0.25) is 4.57 Å². The minimum Gasteiger partial charge on any atom is -0.394 e. The van der Waals surface area contributed by atoms with Crippen LogP contribution in [0.5, 0.6) is 0 Å². The van der Waals surface area contributed by atoms with E-state index < -0.39 is 18.4 Å². The van der Waals surface area contributed by atoms with Gasteiger partial charge in [0.15, 0.2) is 17.7 Å². The average Bonchev–Trinajstić information content (AvgIpc) is 3.02. The van der Waals surface area contributed by atoms with Gasteiger partial charge < -0.3 is 25.6 Å². The molecule has 118 valence electrons. The number of nitrogens with zero attached hydrogens (tertiary/aromatic N) is 5. The molecule has 1 fully saturated rings. The summed E-state index contributed by atoms with van der Waals surface area (Å²) in [7, 11) is 3.68. The molecule has 1 saturated heterocycles. The predicted octanol–water partition coefficient (Wildman–Crippen LogP) is -0.895. The van der Waals surface area contributed by atoms with Crippen LogP contribution in [0.4, 0.5) is 5.82 Å². The molecule has 0 aromatic carbocycles. The maximum atomic E-state index is 10.3. The standard InChI is InChI=1S/C13H18N6O3/c1-18(2)3-7-10(21)8(4-20)22-13(7)19-6-17-9-11(14)15-5-16-12(9)19/h3,5-6,8,10,13,20-21H,4H2,1-2H3,(H2,14,15,16)/b7-3-/t8-,10+,13-/m1/s1. The fourth-order valence-electron chi connectivity index (χ4n) is 2.53. The van der Waals surface area contributed by atoms with Crippen molar-refractivity contribution in [3.8, 4) is 0 Å². The highest BCUT2D eigenvalue weighted by atomic mass is 16.5. The Morgan fingerprint density at radius 1 is 1.41 bits per heavy atom. The molecule has 0 radical (unpaired) electrons. The minimum atomic E-state index is -0.908. The summed E-state index contributed by atoms with van der Waals surface area (Å²) in [6.07, 6.45) is 2.42. The van der Waals surface area contributed by atoms with Gasteiger partial charge in [-0.2, -0.15) is 0 Å². The van der Waals surface area contributed by atoms with Gasteiger partial charge in [0, 0.05) is 25.9 Å². The number of rotatable bonds is 3. The van der Waals surface area contributed by atoms with Crippen molar-refractivity contribution >= 4 is 17.0 Å². The van der Waals surface area contributed by atoms with Gasteiger partial charge in [-0.05, 0) is 0 Å². The van der Waals surface area contributed by atoms with Crippen LogP contribution >= 0.6 is 0 Å². The van der Waals surface area contributed by atoms with Crippen molar-refractivity contribution in [3.63, 3.8) is 0 Å². The van der Waals surface area contributed by atoms with Crippen LogP contribution in [0.3, 0.4) is 0 Å². The number of nitrogen functional groups attached to an aromatic ring is 1. The molecule has 0 bridgehead atoms. The predicted molar refractivity (Wildman–Crippen MR) is 78.5 cm³/mol. The molecule has 3 heterocycles. The Morgan fingerprint density at radius 2 is 2.18 bits per heavy atom. The zero-order valence-corrected chi connectivity index (χ0v) is 12.3. The lowest BCUT2D eigenvalue weighted by atomic mass is 10.1. The van der Waals surface area contributed by atoms with E-state index in [0.29, 0.717) is 16.7 Å². The summed E-state index contributed by atoms with van der Waals surface area (Å²) in [4.78, 5) is 14.1. The number of imidazole rings is 1. The monoisotopic (exact) mass is 306 g/mol. The first-order valence-corrected chi connectivity index (χ1v) is 6.78. The van der Waals surface area contributed by atoms with Crippen molar-refractivity contribution in [2.45, 2.75) is 18.4 Å². The Hall–Kier alpha value is -2.23. The first-order valence-electron chi connectivity index (χ1n) is 6.78. The average molecular weight is 306 g/mol. The molecule has 2 aromatic heterocycles. The number of hydrogen-bond acceptors (Lipinski definition) is 8. The first-order chi connectivity index (χ1) is 10.5. The highest BCUT2D eigenvalue weighted by molar-refractivity contribution is 5.81. The van der Waals surface area contributed by atoms with Crippen LogP contribution in [0.15, 0.2) is 24.4 Å². The molecule has 22 heavy (non-hydrogen) atoms. The molecule has 1 aliphatic rings. The molecule has 9 heteroatoms. The molecular weight excluding hydrogens is 288 g/mol. The molecule has 0 saturated carbocycles. The Balaban J connectivity index is 2.09. The highest BCUT2D eigenvalue weighted by Crippen LogP contribution is 2.36. The summed E-state index contributed by atoms with van der Waals surface area (Å²) >= 11 is 0. The number of hydrogen-bond donors (Lipinski definition) is 3. The van der Waals surface area contributed by atoms with E-state index in [1.165, 1.54) is 12.7 Å². The molecule has 0 aliphatic carbocycles. The number of anilines is 1. The van der Waals surface area contributed by atoms with Gasteiger partial charge in [-0.15, -0.1) is 0 Å². The Kier molecular flexibility index (Phi) is 3.69. The molecule has 2 aromatic rings. The van der Waals surface area contributed by atoms with E-state index in [0.717, 1.165) is 0 Å². The van der Waals surface area contributed by atoms with Crippen molar-refractivity contribution in [2.75, 3.05) is 26.4 Å². The van der Waals surface area contributed by atoms with Crippen molar-refractivity contribution < 1.29 is 14.9 Å². The lowest BCUT2D eigenvalue weighted by molar-refractivity contribution is -0.0422. The van der Waals surface area contributed by atoms with Crippen LogP contribution in [0, 0.1) is 0 Å². The highest BCUT2D eigenvalue weighted by Gasteiger charge is 2.40. The van der Waals surface area contributed by atoms with Gasteiger partial charge in [-0.25, -0.2) is 15.0 Å². The van der Waals surface area contributed by atoms with E-state index in [-0.39, 0.29) is 12.4 Å². The number of nitrogens with two attached hydrogens (primary N) is 1. The summed E-state index contributed by atoms with van der Waals surface area (Å²) in [5, 5.41) is 19.7. The van der Waals surface area contributed by atoms with Gasteiger partial charge in [0.1, 0.15) is 24.1 Å². The summed E-state index contributed by atoms with van der Waals surface area (Å²) in [6, 6.07) is 0. The smallest absolute Gasteiger partial charge is 0.167 e. The zero-order chi connectivity index (χ0) is 15.9. The summed E-state index contributed by atoms with van der Waals surface area (Å²) in [6.45, 7) is -0.286. The Morgan fingerprint density at radius 3 is 2.86 bits per heavy atom. The van der Waals surface area contributed by atoms with Crippen LogP contribution in [0.1, 0.15) is 6.23 Å². The molecule has 3 atom stereocenters. The Bertz CT molecular complexity index is 713. The lowest BCUT2D eigenvalue weighted by Gasteiger charge is -2.16. The van der Waals surface area contributed by atoms with Crippen LogP contribution in [-0.4, -0.2) is 67.5 Å². The maximum absolute atomic E-state index is 10.3. The van der Waals surface area contributed by atoms with E-state index in [1.807, 2.05) is 14.1 Å². The maximum Gasteiger partial charge on any atom is 0.167 e. The van der Waals surface area contributed by atoms with Gasteiger partial charge in [0.05, 0.1) is 12.9 Å². The summed E-state index contributed by atoms with van der Waals surface area (Å²) in [5.74, 6) is 0.277. The van der Waals surface area contributed by atoms with Crippen molar-refractivity contribution in [3.05, 3.63) is 24.4 Å². The first kappa shape index (κ1) is 14.7. The second-order valence-corrected chi connectivity index (χ2v) is 5.33. The second-order valence-electron chi connectivity index (χ2n) is 5.33. The molecule has 4 N–H and O–H groups in total. The van der Waals surface area contributed by atoms with Crippen LogP contribution in [0.25, 0.3) is 11.2 Å². The van der Waals surface area contributed by atoms with Crippen LogP contribution in [-0.2, 0) is 4.74 Å². The molecule has 0 spiro atoms. The largest absolute Gasteiger partial charge is 0.394 e. The SMILES string of the molecule is CN(C)/C=C1\[C@H](n2cnc3c(N)ncnc32)O[C@H](CO)[C@H]1O. The molecule has 3 rings (SSSR count). The zero-order valence-electron chi connectivity index (χ0n) is 12.3.